The second-order valence-corrected chi connectivity index (χ2v) is 8.14. The monoisotopic (exact) mass is 394 g/mol. The summed E-state index contributed by atoms with van der Waals surface area (Å²) in [6.45, 7) is 8.21. The third-order valence-corrected chi connectivity index (χ3v) is 5.94. The summed E-state index contributed by atoms with van der Waals surface area (Å²) < 4.78 is 10.8. The lowest BCUT2D eigenvalue weighted by Gasteiger charge is -2.32. The molecule has 27 heavy (non-hydrogen) atoms. The molecule has 0 radical (unpaired) electrons. The second kappa shape index (κ2) is 9.54. The molecule has 0 aromatic heterocycles. The minimum absolute atomic E-state index is 0.00667. The van der Waals surface area contributed by atoms with Crippen molar-refractivity contribution in [1.82, 2.24) is 5.32 Å². The van der Waals surface area contributed by atoms with Gasteiger partial charge in [-0.2, -0.15) is 0 Å². The van der Waals surface area contributed by atoms with Crippen molar-refractivity contribution in [2.75, 3.05) is 44.8 Å². The molecular formula is C19H28N3O4S+. The van der Waals surface area contributed by atoms with E-state index in [1.54, 1.807) is 17.8 Å². The average Bonchev–Trinajstić information content (AvgIpc) is 2.67. The number of fused-ring (bicyclic) bond motifs is 1. The molecule has 0 spiro atoms. The van der Waals surface area contributed by atoms with Gasteiger partial charge in [-0.25, -0.2) is 0 Å². The van der Waals surface area contributed by atoms with Crippen LogP contribution in [0.3, 0.4) is 0 Å². The molecule has 1 atom stereocenters. The van der Waals surface area contributed by atoms with Crippen molar-refractivity contribution in [2.45, 2.75) is 36.6 Å². The van der Waals surface area contributed by atoms with Gasteiger partial charge in [-0.05, 0) is 38.5 Å². The summed E-state index contributed by atoms with van der Waals surface area (Å²) in [7, 11) is 0. The Bertz CT molecular complexity index is 677. The molecule has 1 aromatic carbocycles. The highest BCUT2D eigenvalue weighted by molar-refractivity contribution is 8.00. The van der Waals surface area contributed by atoms with Crippen LogP contribution in [0.25, 0.3) is 0 Å². The molecule has 0 aliphatic carbocycles. The van der Waals surface area contributed by atoms with E-state index in [0.29, 0.717) is 37.6 Å². The van der Waals surface area contributed by atoms with Crippen molar-refractivity contribution >= 4 is 29.3 Å². The molecular weight excluding hydrogens is 366 g/mol. The third kappa shape index (κ3) is 5.44. The summed E-state index contributed by atoms with van der Waals surface area (Å²) in [6.07, 6.45) is 0.969. The van der Waals surface area contributed by atoms with E-state index in [4.69, 9.17) is 9.47 Å². The zero-order chi connectivity index (χ0) is 19.2. The first kappa shape index (κ1) is 20.1. The Morgan fingerprint density at radius 3 is 2.93 bits per heavy atom. The molecule has 7 nitrogen and oxygen atoms in total. The lowest BCUT2D eigenvalue weighted by molar-refractivity contribution is -0.909. The molecule has 0 bridgehead atoms. The topological polar surface area (TPSA) is 81.1 Å². The van der Waals surface area contributed by atoms with Gasteiger partial charge in [0.15, 0.2) is 0 Å². The number of carbonyl (C=O) groups is 2. The van der Waals surface area contributed by atoms with Crippen LogP contribution in [0.4, 0.5) is 5.69 Å². The standard InChI is InChI=1S/C19H27N3O4S/c1-13(2)26-9-3-6-20-17(23)14-4-5-16-15(12-14)21-18(24)19(27-16)22-7-10-25-11-8-22/h4-5,12-13,19H,3,6-11H2,1-2H3,(H,20,23)(H,21,24)/p+1. The predicted molar refractivity (Wildman–Crippen MR) is 104 cm³/mol. The maximum atomic E-state index is 12.5. The molecule has 3 N–H and O–H groups in total. The van der Waals surface area contributed by atoms with Crippen LogP contribution in [0.15, 0.2) is 23.1 Å². The number of quaternary nitrogens is 1. The van der Waals surface area contributed by atoms with Crippen LogP contribution in [-0.4, -0.2) is 62.7 Å². The molecule has 2 heterocycles. The number of benzene rings is 1. The van der Waals surface area contributed by atoms with Gasteiger partial charge in [-0.1, -0.05) is 11.8 Å². The van der Waals surface area contributed by atoms with E-state index in [0.717, 1.165) is 24.4 Å². The van der Waals surface area contributed by atoms with Crippen LogP contribution < -0.4 is 15.5 Å². The minimum atomic E-state index is -0.165. The number of morpholine rings is 1. The summed E-state index contributed by atoms with van der Waals surface area (Å²) >= 11 is 1.57. The maximum Gasteiger partial charge on any atom is 0.294 e. The number of hydrogen-bond donors (Lipinski definition) is 3. The lowest BCUT2D eigenvalue weighted by atomic mass is 10.1. The van der Waals surface area contributed by atoms with Gasteiger partial charge in [0.1, 0.15) is 13.1 Å². The highest BCUT2D eigenvalue weighted by atomic mass is 32.2. The Kier molecular flexibility index (Phi) is 7.12. The molecule has 1 aromatic rings. The molecule has 3 rings (SSSR count). The van der Waals surface area contributed by atoms with E-state index in [1.165, 1.54) is 4.90 Å². The normalized spacial score (nSPS) is 20.3. The zero-order valence-corrected chi connectivity index (χ0v) is 16.7. The van der Waals surface area contributed by atoms with Crippen molar-refractivity contribution in [2.24, 2.45) is 0 Å². The summed E-state index contributed by atoms with van der Waals surface area (Å²) in [5, 5.41) is 5.70. The molecule has 2 amide bonds. The molecule has 2 aliphatic heterocycles. The highest BCUT2D eigenvalue weighted by Gasteiger charge is 2.36. The van der Waals surface area contributed by atoms with Crippen LogP contribution in [0.5, 0.6) is 0 Å². The van der Waals surface area contributed by atoms with Crippen molar-refractivity contribution in [3.63, 3.8) is 0 Å². The molecule has 148 valence electrons. The number of hydrogen-bond acceptors (Lipinski definition) is 5. The second-order valence-electron chi connectivity index (χ2n) is 7.00. The average molecular weight is 395 g/mol. The third-order valence-electron chi connectivity index (χ3n) is 4.55. The van der Waals surface area contributed by atoms with Crippen LogP contribution in [0, 0.1) is 0 Å². The lowest BCUT2D eigenvalue weighted by Crippen LogP contribution is -3.18. The van der Waals surface area contributed by atoms with Crippen LogP contribution in [0.1, 0.15) is 30.6 Å². The van der Waals surface area contributed by atoms with E-state index in [2.05, 4.69) is 10.6 Å². The van der Waals surface area contributed by atoms with Gasteiger partial charge < -0.3 is 25.0 Å². The Morgan fingerprint density at radius 1 is 1.41 bits per heavy atom. The zero-order valence-electron chi connectivity index (χ0n) is 15.9. The fourth-order valence-electron chi connectivity index (χ4n) is 3.11. The van der Waals surface area contributed by atoms with Crippen LogP contribution >= 0.6 is 11.8 Å². The number of carbonyl (C=O) groups excluding carboxylic acids is 2. The molecule has 1 fully saturated rings. The van der Waals surface area contributed by atoms with Gasteiger partial charge in [0.05, 0.1) is 25.0 Å². The van der Waals surface area contributed by atoms with Gasteiger partial charge in [0.25, 0.3) is 11.8 Å². The van der Waals surface area contributed by atoms with Crippen LogP contribution in [0.2, 0.25) is 0 Å². The number of ether oxygens (including phenoxy) is 2. The van der Waals surface area contributed by atoms with Crippen LogP contribution in [-0.2, 0) is 14.3 Å². The van der Waals surface area contributed by atoms with E-state index in [9.17, 15) is 9.59 Å². The molecule has 0 saturated carbocycles. The fourth-order valence-corrected chi connectivity index (χ4v) is 4.32. The molecule has 1 unspecified atom stereocenters. The van der Waals surface area contributed by atoms with Gasteiger partial charge in [0.2, 0.25) is 5.37 Å². The first-order valence-electron chi connectivity index (χ1n) is 9.48. The Balaban J connectivity index is 1.56. The number of nitrogens with one attached hydrogen (secondary N) is 3. The van der Waals surface area contributed by atoms with E-state index in [1.807, 2.05) is 26.0 Å². The van der Waals surface area contributed by atoms with Crippen molar-refractivity contribution in [1.29, 1.82) is 0 Å². The van der Waals surface area contributed by atoms with Gasteiger partial charge in [-0.3, -0.25) is 9.59 Å². The minimum Gasteiger partial charge on any atom is -0.379 e. The van der Waals surface area contributed by atoms with Crippen molar-refractivity contribution < 1.29 is 24.0 Å². The summed E-state index contributed by atoms with van der Waals surface area (Å²) in [6, 6.07) is 5.49. The quantitative estimate of drug-likeness (QED) is 0.588. The summed E-state index contributed by atoms with van der Waals surface area (Å²) in [4.78, 5) is 27.1. The van der Waals surface area contributed by atoms with Crippen molar-refractivity contribution in [3.05, 3.63) is 23.8 Å². The van der Waals surface area contributed by atoms with Gasteiger partial charge >= 0.3 is 0 Å². The number of rotatable bonds is 7. The largest absolute Gasteiger partial charge is 0.379 e. The molecule has 2 aliphatic rings. The van der Waals surface area contributed by atoms with E-state index >= 15 is 0 Å². The van der Waals surface area contributed by atoms with Gasteiger partial charge in [0, 0.05) is 23.6 Å². The maximum absolute atomic E-state index is 12.5. The summed E-state index contributed by atoms with van der Waals surface area (Å²) in [5.74, 6) is -0.143. The number of anilines is 1. The van der Waals surface area contributed by atoms with Gasteiger partial charge in [-0.15, -0.1) is 0 Å². The SMILES string of the molecule is CC(C)OCCCNC(=O)c1ccc2c(c1)NC(=O)C([NH+]1CCOCC1)S2. The smallest absolute Gasteiger partial charge is 0.294 e. The molecule has 8 heteroatoms. The number of thioether (sulfide) groups is 1. The fraction of sp³-hybridized carbons (Fsp3) is 0.579. The highest BCUT2D eigenvalue weighted by Crippen LogP contribution is 2.34. The summed E-state index contributed by atoms with van der Waals surface area (Å²) in [5.41, 5.74) is 1.27. The predicted octanol–water partition coefficient (Wildman–Crippen LogP) is 0.517. The molecule has 1 saturated heterocycles. The van der Waals surface area contributed by atoms with Crippen molar-refractivity contribution in [3.8, 4) is 0 Å². The Morgan fingerprint density at radius 2 is 2.19 bits per heavy atom. The number of amides is 2. The first-order valence-corrected chi connectivity index (χ1v) is 10.4. The first-order chi connectivity index (χ1) is 13.0. The van der Waals surface area contributed by atoms with E-state index in [-0.39, 0.29) is 23.3 Å². The Labute approximate surface area is 164 Å². The Hall–Kier alpha value is -1.61. The van der Waals surface area contributed by atoms with E-state index < -0.39 is 0 Å².